The molecule has 1 aromatic carbocycles. The molecule has 0 saturated carbocycles. The van der Waals surface area contributed by atoms with Gasteiger partial charge in [0.2, 0.25) is 5.91 Å². The summed E-state index contributed by atoms with van der Waals surface area (Å²) in [6, 6.07) is 6.43. The second-order valence-electron chi connectivity index (χ2n) is 7.51. The first-order chi connectivity index (χ1) is 14.3. The van der Waals surface area contributed by atoms with Gasteiger partial charge in [-0.05, 0) is 31.4 Å². The number of carbonyl (C=O) groups is 3. The number of carbonyl (C=O) groups excluding carboxylic acids is 3. The summed E-state index contributed by atoms with van der Waals surface area (Å²) in [7, 11) is -1.59. The largest absolute Gasteiger partial charge is 0.452 e. The van der Waals surface area contributed by atoms with Crippen molar-refractivity contribution in [1.82, 2.24) is 9.80 Å². The number of hydrogen-bond acceptors (Lipinski definition) is 7. The Morgan fingerprint density at radius 3 is 2.57 bits per heavy atom. The number of nitrogens with zero attached hydrogens (tertiary/aromatic N) is 2. The lowest BCUT2D eigenvalue weighted by Crippen LogP contribution is -2.40. The van der Waals surface area contributed by atoms with E-state index in [4.69, 9.17) is 4.74 Å². The van der Waals surface area contributed by atoms with Gasteiger partial charge in [-0.1, -0.05) is 12.1 Å². The average Bonchev–Trinajstić information content (AvgIpc) is 3.39. The van der Waals surface area contributed by atoms with Crippen LogP contribution in [0.3, 0.4) is 0 Å². The van der Waals surface area contributed by atoms with Crippen LogP contribution in [0.15, 0.2) is 29.2 Å². The van der Waals surface area contributed by atoms with E-state index >= 15 is 0 Å². The summed E-state index contributed by atoms with van der Waals surface area (Å²) in [5, 5.41) is 0. The molecule has 1 atom stereocenters. The third-order valence-corrected chi connectivity index (χ3v) is 8.20. The van der Waals surface area contributed by atoms with Gasteiger partial charge >= 0.3 is 5.97 Å². The predicted molar refractivity (Wildman–Crippen MR) is 113 cm³/mol. The van der Waals surface area contributed by atoms with E-state index in [1.807, 2.05) is 4.90 Å². The molecule has 1 aromatic rings. The minimum absolute atomic E-state index is 0.0454. The molecule has 30 heavy (non-hydrogen) atoms. The summed E-state index contributed by atoms with van der Waals surface area (Å²) in [4.78, 5) is 40.9. The van der Waals surface area contributed by atoms with Crippen LogP contribution in [0.1, 0.15) is 29.6 Å². The monoisotopic (exact) mass is 454 g/mol. The maximum atomic E-state index is 12.5. The van der Waals surface area contributed by atoms with Crippen molar-refractivity contribution in [3.05, 3.63) is 29.8 Å². The van der Waals surface area contributed by atoms with Crippen molar-refractivity contribution in [3.8, 4) is 0 Å². The molecule has 0 N–H and O–H groups in total. The molecule has 0 spiro atoms. The van der Waals surface area contributed by atoms with Crippen LogP contribution in [-0.4, -0.2) is 86.0 Å². The predicted octanol–water partition coefficient (Wildman–Crippen LogP) is 1.20. The Balaban J connectivity index is 1.53. The fourth-order valence-corrected chi connectivity index (χ4v) is 6.27. The number of esters is 1. The molecule has 164 valence electrons. The van der Waals surface area contributed by atoms with Gasteiger partial charge in [0.15, 0.2) is 16.4 Å². The van der Waals surface area contributed by atoms with Crippen molar-refractivity contribution in [2.45, 2.75) is 30.2 Å². The maximum Gasteiger partial charge on any atom is 0.339 e. The van der Waals surface area contributed by atoms with Gasteiger partial charge in [-0.2, -0.15) is 0 Å². The number of sulfone groups is 1. The van der Waals surface area contributed by atoms with Crippen LogP contribution in [0.25, 0.3) is 0 Å². The van der Waals surface area contributed by atoms with E-state index in [1.54, 1.807) is 24.3 Å². The van der Waals surface area contributed by atoms with E-state index in [0.29, 0.717) is 16.9 Å². The van der Waals surface area contributed by atoms with Crippen molar-refractivity contribution >= 4 is 39.4 Å². The van der Waals surface area contributed by atoms with E-state index < -0.39 is 28.3 Å². The average molecular weight is 455 g/mol. The number of hydrogen-bond donors (Lipinski definition) is 0. The summed E-state index contributed by atoms with van der Waals surface area (Å²) in [6.45, 7) is 1.10. The molecule has 2 fully saturated rings. The van der Waals surface area contributed by atoms with Crippen molar-refractivity contribution < 1.29 is 27.5 Å². The smallest absolute Gasteiger partial charge is 0.339 e. The molecule has 8 nitrogen and oxygen atoms in total. The molecule has 0 bridgehead atoms. The fourth-order valence-electron chi connectivity index (χ4n) is 3.55. The van der Waals surface area contributed by atoms with Crippen molar-refractivity contribution in [2.75, 3.05) is 44.0 Å². The molecule has 0 unspecified atom stereocenters. The number of ether oxygens (including phenoxy) is 1. The number of amides is 2. The number of likely N-dealkylation sites (N-methyl/N-ethyl adjacent to an activating group) is 1. The van der Waals surface area contributed by atoms with Gasteiger partial charge in [-0.25, -0.2) is 13.2 Å². The molecular formula is C20H26N2O6S2. The lowest BCUT2D eigenvalue weighted by atomic mass is 10.2. The van der Waals surface area contributed by atoms with Gasteiger partial charge < -0.3 is 14.5 Å². The summed E-state index contributed by atoms with van der Waals surface area (Å²) in [5.74, 6) is -0.803. The topological polar surface area (TPSA) is 101 Å². The van der Waals surface area contributed by atoms with Crippen LogP contribution < -0.4 is 0 Å². The first kappa shape index (κ1) is 22.6. The van der Waals surface area contributed by atoms with Crippen molar-refractivity contribution in [3.63, 3.8) is 0 Å². The number of likely N-dealkylation sites (tertiary alicyclic amines) is 1. The summed E-state index contributed by atoms with van der Waals surface area (Å²) < 4.78 is 28.4. The Bertz CT molecular complexity index is 912. The van der Waals surface area contributed by atoms with Gasteiger partial charge in [0.05, 0.1) is 22.8 Å². The second kappa shape index (κ2) is 9.82. The van der Waals surface area contributed by atoms with Crippen LogP contribution in [0.5, 0.6) is 0 Å². The summed E-state index contributed by atoms with van der Waals surface area (Å²) in [5.41, 5.74) is 0.301. The molecule has 3 rings (SSSR count). The van der Waals surface area contributed by atoms with Gasteiger partial charge in [-0.15, -0.1) is 11.8 Å². The van der Waals surface area contributed by atoms with Crippen LogP contribution in [-0.2, 0) is 24.2 Å². The van der Waals surface area contributed by atoms with E-state index in [-0.39, 0.29) is 29.2 Å². The third-order valence-electron chi connectivity index (χ3n) is 5.39. The number of rotatable bonds is 7. The highest BCUT2D eigenvalue weighted by molar-refractivity contribution is 8.00. The second-order valence-corrected chi connectivity index (χ2v) is 10.8. The van der Waals surface area contributed by atoms with Crippen LogP contribution in [0.4, 0.5) is 0 Å². The zero-order chi connectivity index (χ0) is 21.7. The van der Waals surface area contributed by atoms with E-state index in [0.717, 1.165) is 25.9 Å². The SMILES string of the molecule is CN(C(=O)COC(=O)c1ccccc1SCC(=O)N1CCCC1)[C@H]1CCS(=O)(=O)C1. The Hall–Kier alpha value is -2.07. The molecule has 0 aromatic heterocycles. The molecule has 2 aliphatic rings. The van der Waals surface area contributed by atoms with Crippen molar-refractivity contribution in [2.24, 2.45) is 0 Å². The van der Waals surface area contributed by atoms with Gasteiger partial charge in [-0.3, -0.25) is 9.59 Å². The van der Waals surface area contributed by atoms with Gasteiger partial charge in [0.25, 0.3) is 5.91 Å². The highest BCUT2D eigenvalue weighted by atomic mass is 32.2. The van der Waals surface area contributed by atoms with E-state index in [9.17, 15) is 22.8 Å². The summed E-state index contributed by atoms with van der Waals surface area (Å²) >= 11 is 1.28. The first-order valence-corrected chi connectivity index (χ1v) is 12.7. The molecule has 2 heterocycles. The molecule has 0 radical (unpaired) electrons. The minimum atomic E-state index is -3.11. The third kappa shape index (κ3) is 5.75. The van der Waals surface area contributed by atoms with E-state index in [2.05, 4.69) is 0 Å². The maximum absolute atomic E-state index is 12.5. The molecule has 2 amide bonds. The zero-order valence-corrected chi connectivity index (χ0v) is 18.5. The molecule has 0 aliphatic carbocycles. The quantitative estimate of drug-likeness (QED) is 0.451. The Morgan fingerprint density at radius 1 is 1.20 bits per heavy atom. The normalized spacial score (nSPS) is 20.2. The number of benzene rings is 1. The first-order valence-electron chi connectivity index (χ1n) is 9.89. The van der Waals surface area contributed by atoms with Gasteiger partial charge in [0, 0.05) is 31.1 Å². The van der Waals surface area contributed by atoms with Crippen molar-refractivity contribution in [1.29, 1.82) is 0 Å². The highest BCUT2D eigenvalue weighted by Gasteiger charge is 2.33. The molecule has 2 saturated heterocycles. The zero-order valence-electron chi connectivity index (χ0n) is 16.9. The standard InChI is InChI=1S/C20H26N2O6S2/c1-21(15-8-11-30(26,27)14-15)18(23)12-28-20(25)16-6-2-3-7-17(16)29-13-19(24)22-9-4-5-10-22/h2-3,6-7,15H,4-5,8-14H2,1H3/t15-/m0/s1. The van der Waals surface area contributed by atoms with Gasteiger partial charge in [0.1, 0.15) is 0 Å². The fraction of sp³-hybridized carbons (Fsp3) is 0.550. The Labute approximate surface area is 180 Å². The molecular weight excluding hydrogens is 428 g/mol. The van der Waals surface area contributed by atoms with Crippen LogP contribution in [0.2, 0.25) is 0 Å². The molecule has 10 heteroatoms. The number of thioether (sulfide) groups is 1. The highest BCUT2D eigenvalue weighted by Crippen LogP contribution is 2.24. The summed E-state index contributed by atoms with van der Waals surface area (Å²) in [6.07, 6.45) is 2.44. The van der Waals surface area contributed by atoms with Crippen LogP contribution in [0, 0.1) is 0 Å². The van der Waals surface area contributed by atoms with Crippen LogP contribution >= 0.6 is 11.8 Å². The minimum Gasteiger partial charge on any atom is -0.452 e. The lowest BCUT2D eigenvalue weighted by molar-refractivity contribution is -0.134. The Kier molecular flexibility index (Phi) is 7.41. The Morgan fingerprint density at radius 2 is 1.90 bits per heavy atom. The van der Waals surface area contributed by atoms with E-state index in [1.165, 1.54) is 23.7 Å². The molecule has 2 aliphatic heterocycles. The lowest BCUT2D eigenvalue weighted by Gasteiger charge is -2.23.